The van der Waals surface area contributed by atoms with Gasteiger partial charge in [-0.2, -0.15) is 0 Å². The average molecular weight is 408 g/mol. The van der Waals surface area contributed by atoms with E-state index < -0.39 is 0 Å². The Bertz CT molecular complexity index is 460. The number of nitrogens with zero attached hydrogens (tertiary/aromatic N) is 3. The summed E-state index contributed by atoms with van der Waals surface area (Å²) in [7, 11) is 2.02. The van der Waals surface area contributed by atoms with Gasteiger partial charge in [0.25, 0.3) is 0 Å². The number of thiazole rings is 1. The molecule has 1 heterocycles. The highest BCUT2D eigenvalue weighted by Crippen LogP contribution is 2.26. The standard InChI is InChI=1S/C14H24N4S.HI/c1-14(2,3)12-17-10(9-19-12)7-8-16-13(15)18(4)11-5-6-11;/h9,11H,5-8H2,1-4H3,(H2,15,16);1H. The van der Waals surface area contributed by atoms with E-state index in [9.17, 15) is 0 Å². The highest BCUT2D eigenvalue weighted by molar-refractivity contribution is 14.0. The van der Waals surface area contributed by atoms with E-state index in [4.69, 9.17) is 5.73 Å². The molecule has 0 spiro atoms. The third-order valence-corrected chi connectivity index (χ3v) is 4.61. The lowest BCUT2D eigenvalue weighted by atomic mass is 9.98. The Morgan fingerprint density at radius 3 is 2.65 bits per heavy atom. The lowest BCUT2D eigenvalue weighted by Gasteiger charge is -2.16. The lowest BCUT2D eigenvalue weighted by Crippen LogP contribution is -2.35. The normalized spacial score (nSPS) is 15.9. The van der Waals surface area contributed by atoms with Gasteiger partial charge in [0.15, 0.2) is 5.96 Å². The van der Waals surface area contributed by atoms with Gasteiger partial charge < -0.3 is 10.6 Å². The molecule has 0 amide bonds. The Balaban J connectivity index is 0.00000200. The fourth-order valence-electron chi connectivity index (χ4n) is 1.81. The number of halogens is 1. The summed E-state index contributed by atoms with van der Waals surface area (Å²) in [6.45, 7) is 7.29. The second kappa shape index (κ2) is 7.06. The predicted octanol–water partition coefficient (Wildman–Crippen LogP) is 3.01. The van der Waals surface area contributed by atoms with Gasteiger partial charge in [0.2, 0.25) is 0 Å². The summed E-state index contributed by atoms with van der Waals surface area (Å²) >= 11 is 1.74. The first-order valence-corrected chi connectivity index (χ1v) is 7.73. The van der Waals surface area contributed by atoms with Gasteiger partial charge >= 0.3 is 0 Å². The first kappa shape index (κ1) is 17.7. The number of rotatable bonds is 4. The Hall–Kier alpha value is -0.370. The van der Waals surface area contributed by atoms with Crippen molar-refractivity contribution in [2.75, 3.05) is 13.6 Å². The van der Waals surface area contributed by atoms with Crippen molar-refractivity contribution in [3.8, 4) is 0 Å². The molecule has 1 aliphatic carbocycles. The van der Waals surface area contributed by atoms with Gasteiger partial charge in [-0.15, -0.1) is 35.3 Å². The van der Waals surface area contributed by atoms with E-state index in [-0.39, 0.29) is 29.4 Å². The van der Waals surface area contributed by atoms with Crippen LogP contribution in [0.4, 0.5) is 0 Å². The zero-order chi connectivity index (χ0) is 14.0. The summed E-state index contributed by atoms with van der Waals surface area (Å²) in [5, 5.41) is 3.33. The largest absolute Gasteiger partial charge is 0.370 e. The zero-order valence-corrected chi connectivity index (χ0v) is 15.9. The molecule has 0 unspecified atom stereocenters. The van der Waals surface area contributed by atoms with E-state index in [1.165, 1.54) is 17.8 Å². The molecule has 0 aromatic carbocycles. The Morgan fingerprint density at radius 2 is 2.15 bits per heavy atom. The van der Waals surface area contributed by atoms with Crippen molar-refractivity contribution in [3.05, 3.63) is 16.1 Å². The van der Waals surface area contributed by atoms with Gasteiger partial charge in [0.1, 0.15) is 0 Å². The van der Waals surface area contributed by atoms with E-state index >= 15 is 0 Å². The van der Waals surface area contributed by atoms with Gasteiger partial charge in [0, 0.05) is 36.9 Å². The minimum absolute atomic E-state index is 0. The molecule has 0 aliphatic heterocycles. The molecule has 0 saturated heterocycles. The maximum atomic E-state index is 5.95. The van der Waals surface area contributed by atoms with Gasteiger partial charge in [0.05, 0.1) is 10.7 Å². The summed E-state index contributed by atoms with van der Waals surface area (Å²) in [5.74, 6) is 0.661. The van der Waals surface area contributed by atoms with E-state index in [1.807, 2.05) is 7.05 Å². The molecule has 1 aromatic heterocycles. The average Bonchev–Trinajstić information content (AvgIpc) is 3.06. The third kappa shape index (κ3) is 4.87. The van der Waals surface area contributed by atoms with Crippen LogP contribution in [0, 0.1) is 0 Å². The summed E-state index contributed by atoms with van der Waals surface area (Å²) in [5.41, 5.74) is 7.22. The smallest absolute Gasteiger partial charge is 0.191 e. The first-order valence-electron chi connectivity index (χ1n) is 6.85. The van der Waals surface area contributed by atoms with Crippen molar-refractivity contribution in [1.82, 2.24) is 9.88 Å². The van der Waals surface area contributed by atoms with Crippen molar-refractivity contribution in [2.24, 2.45) is 10.7 Å². The molecular formula is C14H25IN4S. The maximum absolute atomic E-state index is 5.95. The molecule has 1 saturated carbocycles. The van der Waals surface area contributed by atoms with Crippen LogP contribution < -0.4 is 5.73 Å². The number of nitrogens with two attached hydrogens (primary N) is 1. The quantitative estimate of drug-likeness (QED) is 0.474. The van der Waals surface area contributed by atoms with Crippen LogP contribution >= 0.6 is 35.3 Å². The monoisotopic (exact) mass is 408 g/mol. The minimum Gasteiger partial charge on any atom is -0.370 e. The molecule has 0 atom stereocenters. The van der Waals surface area contributed by atoms with E-state index in [0.717, 1.165) is 18.7 Å². The summed E-state index contributed by atoms with van der Waals surface area (Å²) in [4.78, 5) is 11.2. The molecule has 2 rings (SSSR count). The zero-order valence-electron chi connectivity index (χ0n) is 12.7. The van der Waals surface area contributed by atoms with Gasteiger partial charge in [-0.3, -0.25) is 4.99 Å². The van der Waals surface area contributed by atoms with Crippen molar-refractivity contribution < 1.29 is 0 Å². The molecule has 1 aliphatic rings. The number of aliphatic imine (C=N–C) groups is 1. The molecule has 2 N–H and O–H groups in total. The first-order chi connectivity index (χ1) is 8.88. The molecule has 4 nitrogen and oxygen atoms in total. The van der Waals surface area contributed by atoms with Crippen LogP contribution in [0.5, 0.6) is 0 Å². The Morgan fingerprint density at radius 1 is 1.50 bits per heavy atom. The fourth-order valence-corrected chi connectivity index (χ4v) is 2.75. The second-order valence-corrected chi connectivity index (χ2v) is 7.08. The number of hydrogen-bond donors (Lipinski definition) is 1. The number of guanidine groups is 1. The van der Waals surface area contributed by atoms with Crippen molar-refractivity contribution in [1.29, 1.82) is 0 Å². The summed E-state index contributed by atoms with van der Waals surface area (Å²) in [6, 6.07) is 0.621. The molecule has 20 heavy (non-hydrogen) atoms. The molecule has 0 radical (unpaired) electrons. The summed E-state index contributed by atoms with van der Waals surface area (Å²) in [6.07, 6.45) is 3.35. The summed E-state index contributed by atoms with van der Waals surface area (Å²) < 4.78 is 0. The van der Waals surface area contributed by atoms with Crippen LogP contribution in [0.15, 0.2) is 10.4 Å². The fraction of sp³-hybridized carbons (Fsp3) is 0.714. The van der Waals surface area contributed by atoms with E-state index in [0.29, 0.717) is 12.0 Å². The molecule has 114 valence electrons. The third-order valence-electron chi connectivity index (χ3n) is 3.29. The predicted molar refractivity (Wildman–Crippen MR) is 97.2 cm³/mol. The van der Waals surface area contributed by atoms with Crippen molar-refractivity contribution in [2.45, 2.75) is 51.5 Å². The van der Waals surface area contributed by atoms with Gasteiger partial charge in [-0.05, 0) is 12.8 Å². The maximum Gasteiger partial charge on any atom is 0.191 e. The van der Waals surface area contributed by atoms with Gasteiger partial charge in [-0.1, -0.05) is 20.8 Å². The highest BCUT2D eigenvalue weighted by Gasteiger charge is 2.27. The topological polar surface area (TPSA) is 54.5 Å². The van der Waals surface area contributed by atoms with Crippen LogP contribution in [0.1, 0.15) is 44.3 Å². The van der Waals surface area contributed by atoms with Crippen LogP contribution in [0.2, 0.25) is 0 Å². The molecule has 0 bridgehead atoms. The second-order valence-electron chi connectivity index (χ2n) is 6.23. The highest BCUT2D eigenvalue weighted by atomic mass is 127. The SMILES string of the molecule is CN(C(N)=NCCc1csc(C(C)(C)C)n1)C1CC1.I. The van der Waals surface area contributed by atoms with Gasteiger partial charge in [-0.25, -0.2) is 4.98 Å². The number of hydrogen-bond acceptors (Lipinski definition) is 3. The van der Waals surface area contributed by atoms with Crippen LogP contribution in [-0.2, 0) is 11.8 Å². The molecular weight excluding hydrogens is 383 g/mol. The van der Waals surface area contributed by atoms with Crippen LogP contribution in [0.3, 0.4) is 0 Å². The van der Waals surface area contributed by atoms with Crippen molar-refractivity contribution >= 4 is 41.3 Å². The molecule has 6 heteroatoms. The van der Waals surface area contributed by atoms with Crippen LogP contribution in [-0.4, -0.2) is 35.5 Å². The minimum atomic E-state index is 0. The Kier molecular flexibility index (Phi) is 6.25. The Labute approximate surface area is 142 Å². The molecule has 1 aromatic rings. The van der Waals surface area contributed by atoms with Crippen molar-refractivity contribution in [3.63, 3.8) is 0 Å². The molecule has 1 fully saturated rings. The van der Waals surface area contributed by atoms with Crippen LogP contribution in [0.25, 0.3) is 0 Å². The lowest BCUT2D eigenvalue weighted by molar-refractivity contribution is 0.487. The van der Waals surface area contributed by atoms with E-state index in [1.54, 1.807) is 11.3 Å². The van der Waals surface area contributed by atoms with E-state index in [2.05, 4.69) is 41.0 Å². The number of aromatic nitrogens is 1.